The highest BCUT2D eigenvalue weighted by atomic mass is 16.5. The second-order valence-electron chi connectivity index (χ2n) is 6.86. The van der Waals surface area contributed by atoms with Crippen molar-refractivity contribution in [1.29, 1.82) is 5.26 Å². The number of amides is 1. The first-order valence-electron chi connectivity index (χ1n) is 9.08. The lowest BCUT2D eigenvalue weighted by atomic mass is 10.1. The van der Waals surface area contributed by atoms with Crippen LogP contribution in [0.5, 0.6) is 5.75 Å². The Hall–Kier alpha value is -3.20. The van der Waals surface area contributed by atoms with E-state index in [1.54, 1.807) is 24.3 Å². The Balaban J connectivity index is 1.64. The second-order valence-corrected chi connectivity index (χ2v) is 6.86. The Bertz CT molecular complexity index is 847. The van der Waals surface area contributed by atoms with Gasteiger partial charge in [-0.15, -0.1) is 0 Å². The topological polar surface area (TPSA) is 82.6 Å². The highest BCUT2D eigenvalue weighted by Crippen LogP contribution is 2.24. The van der Waals surface area contributed by atoms with Crippen LogP contribution in [-0.2, 0) is 0 Å². The van der Waals surface area contributed by atoms with E-state index in [0.29, 0.717) is 43.0 Å². The zero-order chi connectivity index (χ0) is 19.4. The van der Waals surface area contributed by atoms with Crippen LogP contribution >= 0.6 is 0 Å². The van der Waals surface area contributed by atoms with Gasteiger partial charge in [0.05, 0.1) is 17.4 Å². The third-order valence-corrected chi connectivity index (χ3v) is 4.52. The number of benzene rings is 2. The number of hydrogen-bond acceptors (Lipinski definition) is 5. The third kappa shape index (κ3) is 4.32. The fraction of sp³-hybridized carbons (Fsp3) is 0.333. The van der Waals surface area contributed by atoms with Crippen molar-refractivity contribution < 1.29 is 9.53 Å². The molecule has 27 heavy (non-hydrogen) atoms. The van der Waals surface area contributed by atoms with E-state index in [-0.39, 0.29) is 12.0 Å². The minimum atomic E-state index is 0.0172. The van der Waals surface area contributed by atoms with Crippen molar-refractivity contribution in [2.45, 2.75) is 20.0 Å². The molecule has 1 aliphatic heterocycles. The number of carbonyl (C=O) groups is 1. The maximum absolute atomic E-state index is 12.7. The number of nitriles is 1. The van der Waals surface area contributed by atoms with E-state index in [4.69, 9.17) is 10.5 Å². The summed E-state index contributed by atoms with van der Waals surface area (Å²) in [6.45, 7) is 6.52. The number of anilines is 2. The Morgan fingerprint density at radius 3 is 2.37 bits per heavy atom. The predicted molar refractivity (Wildman–Crippen MR) is 106 cm³/mol. The van der Waals surface area contributed by atoms with Gasteiger partial charge in [0.2, 0.25) is 0 Å². The molecular weight excluding hydrogens is 340 g/mol. The maximum atomic E-state index is 12.7. The Morgan fingerprint density at radius 1 is 1.11 bits per heavy atom. The van der Waals surface area contributed by atoms with Crippen LogP contribution in [0.15, 0.2) is 42.5 Å². The molecule has 6 heteroatoms. The van der Waals surface area contributed by atoms with Gasteiger partial charge in [0.1, 0.15) is 11.8 Å². The fourth-order valence-electron chi connectivity index (χ4n) is 3.20. The first-order chi connectivity index (χ1) is 13.0. The number of ether oxygens (including phenoxy) is 1. The van der Waals surface area contributed by atoms with Crippen molar-refractivity contribution >= 4 is 17.3 Å². The van der Waals surface area contributed by atoms with Gasteiger partial charge in [0.25, 0.3) is 5.91 Å². The van der Waals surface area contributed by atoms with Crippen LogP contribution in [0.3, 0.4) is 0 Å². The summed E-state index contributed by atoms with van der Waals surface area (Å²) in [5.41, 5.74) is 8.43. The Labute approximate surface area is 159 Å². The lowest BCUT2D eigenvalue weighted by Crippen LogP contribution is -2.49. The first-order valence-corrected chi connectivity index (χ1v) is 9.08. The molecule has 0 bridgehead atoms. The third-order valence-electron chi connectivity index (χ3n) is 4.52. The number of rotatable bonds is 4. The fourth-order valence-corrected chi connectivity index (χ4v) is 3.20. The van der Waals surface area contributed by atoms with Crippen molar-refractivity contribution in [3.63, 3.8) is 0 Å². The smallest absolute Gasteiger partial charge is 0.253 e. The number of nitrogens with two attached hydrogens (primary N) is 1. The summed E-state index contributed by atoms with van der Waals surface area (Å²) >= 11 is 0. The van der Waals surface area contributed by atoms with Crippen molar-refractivity contribution in [2.75, 3.05) is 36.8 Å². The molecule has 6 nitrogen and oxygen atoms in total. The zero-order valence-corrected chi connectivity index (χ0v) is 15.7. The molecule has 2 N–H and O–H groups in total. The second kappa shape index (κ2) is 8.00. The molecule has 0 aliphatic carbocycles. The van der Waals surface area contributed by atoms with Crippen LogP contribution < -0.4 is 15.4 Å². The minimum Gasteiger partial charge on any atom is -0.491 e. The van der Waals surface area contributed by atoms with E-state index in [9.17, 15) is 10.1 Å². The van der Waals surface area contributed by atoms with Crippen LogP contribution in [-0.4, -0.2) is 43.1 Å². The van der Waals surface area contributed by atoms with Gasteiger partial charge in [-0.3, -0.25) is 4.79 Å². The molecule has 0 saturated carbocycles. The molecule has 1 fully saturated rings. The molecule has 0 unspecified atom stereocenters. The Kier molecular flexibility index (Phi) is 5.51. The molecule has 1 saturated heterocycles. The van der Waals surface area contributed by atoms with Gasteiger partial charge in [0, 0.05) is 37.4 Å². The highest BCUT2D eigenvalue weighted by Gasteiger charge is 2.23. The largest absolute Gasteiger partial charge is 0.491 e. The number of carbonyl (C=O) groups excluding carboxylic acids is 1. The van der Waals surface area contributed by atoms with Crippen molar-refractivity contribution in [3.8, 4) is 11.8 Å². The summed E-state index contributed by atoms with van der Waals surface area (Å²) < 4.78 is 5.62. The van der Waals surface area contributed by atoms with Gasteiger partial charge in [0.15, 0.2) is 0 Å². The number of nitrogens with zero attached hydrogens (tertiary/aromatic N) is 3. The molecular formula is C21H24N4O2. The lowest BCUT2D eigenvalue weighted by Gasteiger charge is -2.36. The van der Waals surface area contributed by atoms with Crippen LogP contribution in [0.2, 0.25) is 0 Å². The van der Waals surface area contributed by atoms with E-state index in [1.165, 1.54) is 0 Å². The van der Waals surface area contributed by atoms with Crippen molar-refractivity contribution in [1.82, 2.24) is 4.90 Å². The van der Waals surface area contributed by atoms with Gasteiger partial charge < -0.3 is 20.3 Å². The standard InChI is InChI=1S/C21H24N4O2/c1-15(2)27-19-6-3-16(4-7-19)21(26)25-11-9-24(10-12-25)20-8-5-18(23)13-17(20)14-22/h3-8,13,15H,9-12,23H2,1-2H3. The highest BCUT2D eigenvalue weighted by molar-refractivity contribution is 5.94. The van der Waals surface area contributed by atoms with Gasteiger partial charge >= 0.3 is 0 Å². The van der Waals surface area contributed by atoms with E-state index in [0.717, 1.165) is 11.4 Å². The van der Waals surface area contributed by atoms with E-state index in [2.05, 4.69) is 11.0 Å². The van der Waals surface area contributed by atoms with Crippen LogP contribution in [0, 0.1) is 11.3 Å². The van der Waals surface area contributed by atoms with Gasteiger partial charge in [-0.2, -0.15) is 5.26 Å². The van der Waals surface area contributed by atoms with E-state index in [1.807, 2.05) is 36.9 Å². The van der Waals surface area contributed by atoms with Crippen LogP contribution in [0.25, 0.3) is 0 Å². The first kappa shape index (κ1) is 18.6. The lowest BCUT2D eigenvalue weighted by molar-refractivity contribution is 0.0746. The number of hydrogen-bond donors (Lipinski definition) is 1. The van der Waals surface area contributed by atoms with Crippen molar-refractivity contribution in [3.05, 3.63) is 53.6 Å². The molecule has 0 radical (unpaired) electrons. The van der Waals surface area contributed by atoms with Gasteiger partial charge in [-0.1, -0.05) is 0 Å². The summed E-state index contributed by atoms with van der Waals surface area (Å²) in [4.78, 5) is 16.7. The average Bonchev–Trinajstić information content (AvgIpc) is 2.67. The summed E-state index contributed by atoms with van der Waals surface area (Å²) in [7, 11) is 0. The Morgan fingerprint density at radius 2 is 1.78 bits per heavy atom. The molecule has 2 aromatic carbocycles. The van der Waals surface area contributed by atoms with Crippen LogP contribution in [0.4, 0.5) is 11.4 Å². The van der Waals surface area contributed by atoms with Gasteiger partial charge in [-0.25, -0.2) is 0 Å². The normalized spacial score (nSPS) is 14.1. The van der Waals surface area contributed by atoms with E-state index < -0.39 is 0 Å². The van der Waals surface area contributed by atoms with Crippen LogP contribution in [0.1, 0.15) is 29.8 Å². The molecule has 2 aromatic rings. The molecule has 0 aromatic heterocycles. The minimum absolute atomic E-state index is 0.0172. The van der Waals surface area contributed by atoms with Crippen molar-refractivity contribution in [2.24, 2.45) is 0 Å². The summed E-state index contributed by atoms with van der Waals surface area (Å²) in [6, 6.07) is 14.8. The maximum Gasteiger partial charge on any atom is 0.253 e. The predicted octanol–water partition coefficient (Wildman–Crippen LogP) is 2.89. The van der Waals surface area contributed by atoms with Gasteiger partial charge in [-0.05, 0) is 56.3 Å². The summed E-state index contributed by atoms with van der Waals surface area (Å²) in [5.74, 6) is 0.780. The molecule has 140 valence electrons. The van der Waals surface area contributed by atoms with E-state index >= 15 is 0 Å². The molecule has 3 rings (SSSR count). The summed E-state index contributed by atoms with van der Waals surface area (Å²) in [5, 5.41) is 9.33. The number of piperazine rings is 1. The monoisotopic (exact) mass is 364 g/mol. The average molecular weight is 364 g/mol. The molecule has 1 heterocycles. The quantitative estimate of drug-likeness (QED) is 0.844. The number of nitrogen functional groups attached to an aromatic ring is 1. The molecule has 0 atom stereocenters. The SMILES string of the molecule is CC(C)Oc1ccc(C(=O)N2CCN(c3ccc(N)cc3C#N)CC2)cc1. The molecule has 1 amide bonds. The molecule has 0 spiro atoms. The summed E-state index contributed by atoms with van der Waals surface area (Å²) in [6.07, 6.45) is 0.103. The zero-order valence-electron chi connectivity index (χ0n) is 15.7. The molecule has 1 aliphatic rings.